The van der Waals surface area contributed by atoms with Crippen molar-refractivity contribution in [2.75, 3.05) is 24.7 Å². The molecule has 2 saturated heterocycles. The second-order valence-corrected chi connectivity index (χ2v) is 8.79. The first kappa shape index (κ1) is 10.7. The van der Waals surface area contributed by atoms with E-state index in [1.807, 2.05) is 23.5 Å². The van der Waals surface area contributed by atoms with Gasteiger partial charge in [-0.25, -0.2) is 0 Å². The topological polar surface area (TPSA) is 18.5 Å². The van der Waals surface area contributed by atoms with Crippen LogP contribution in [0.3, 0.4) is 0 Å². The van der Waals surface area contributed by atoms with Crippen molar-refractivity contribution >= 4 is 44.0 Å². The Kier molecular flexibility index (Phi) is 3.45. The number of thioether (sulfide) groups is 2. The Labute approximate surface area is 108 Å². The summed E-state index contributed by atoms with van der Waals surface area (Å²) in [5.74, 6) is 3.61. The Morgan fingerprint density at radius 3 is 2.53 bits per heavy atom. The van der Waals surface area contributed by atoms with Crippen molar-refractivity contribution in [3.63, 3.8) is 0 Å². The van der Waals surface area contributed by atoms with E-state index in [1.54, 1.807) is 0 Å². The van der Waals surface area contributed by atoms with Crippen LogP contribution in [-0.2, 0) is 0 Å². The van der Waals surface area contributed by atoms with E-state index in [9.17, 15) is 0 Å². The number of hydrogen-bond acceptors (Lipinski definition) is 4. The van der Waals surface area contributed by atoms with E-state index >= 15 is 0 Å². The molecule has 0 aromatic carbocycles. The molecular weight excluding hydrogens is 344 g/mol. The van der Waals surface area contributed by atoms with Gasteiger partial charge in [0.2, 0.25) is 0 Å². The zero-order chi connectivity index (χ0) is 10.1. The van der Waals surface area contributed by atoms with Crippen LogP contribution in [0.5, 0.6) is 9.51 Å². The number of ether oxygens (including phenoxy) is 2. The van der Waals surface area contributed by atoms with Crippen LogP contribution in [0.2, 0.25) is 0 Å². The minimum absolute atomic E-state index is 0.217. The Bertz CT molecular complexity index is 303. The SMILES string of the molecule is c1[te]c(OCC2CS2)cc1OCC1CS1. The maximum absolute atomic E-state index is 5.74. The quantitative estimate of drug-likeness (QED) is 0.571. The van der Waals surface area contributed by atoms with Crippen LogP contribution >= 0.6 is 23.5 Å². The summed E-state index contributed by atoms with van der Waals surface area (Å²) in [5.41, 5.74) is 0. The molecule has 2 unspecified atom stereocenters. The molecule has 2 aliphatic rings. The van der Waals surface area contributed by atoms with E-state index in [0.29, 0.717) is 0 Å². The van der Waals surface area contributed by atoms with Gasteiger partial charge in [0.1, 0.15) is 0 Å². The fraction of sp³-hybridized carbons (Fsp3) is 0.600. The molecule has 3 rings (SSSR count). The Morgan fingerprint density at radius 1 is 1.20 bits per heavy atom. The second kappa shape index (κ2) is 4.83. The van der Waals surface area contributed by atoms with E-state index in [2.05, 4.69) is 10.1 Å². The van der Waals surface area contributed by atoms with Gasteiger partial charge < -0.3 is 0 Å². The van der Waals surface area contributed by atoms with Crippen molar-refractivity contribution in [2.24, 2.45) is 0 Å². The van der Waals surface area contributed by atoms with Crippen molar-refractivity contribution < 1.29 is 9.47 Å². The fourth-order valence-electron chi connectivity index (χ4n) is 1.14. The van der Waals surface area contributed by atoms with Gasteiger partial charge in [-0.2, -0.15) is 0 Å². The summed E-state index contributed by atoms with van der Waals surface area (Å²) in [6.07, 6.45) is 0. The normalized spacial score (nSPS) is 27.5. The summed E-state index contributed by atoms with van der Waals surface area (Å²) in [7, 11) is 0. The van der Waals surface area contributed by atoms with E-state index in [4.69, 9.17) is 9.47 Å². The van der Waals surface area contributed by atoms with Gasteiger partial charge in [-0.3, -0.25) is 0 Å². The molecule has 0 N–H and O–H groups in total. The van der Waals surface area contributed by atoms with Crippen molar-refractivity contribution in [3.8, 4) is 9.51 Å². The molecule has 0 amide bonds. The van der Waals surface area contributed by atoms with Crippen LogP contribution in [0.4, 0.5) is 0 Å². The first-order valence-corrected chi connectivity index (χ1v) is 9.58. The van der Waals surface area contributed by atoms with E-state index in [1.165, 1.54) is 15.3 Å². The van der Waals surface area contributed by atoms with Crippen LogP contribution in [0.1, 0.15) is 0 Å². The average molecular weight is 356 g/mol. The molecule has 0 spiro atoms. The van der Waals surface area contributed by atoms with Crippen LogP contribution < -0.4 is 9.47 Å². The van der Waals surface area contributed by atoms with Gasteiger partial charge in [0.25, 0.3) is 0 Å². The van der Waals surface area contributed by atoms with Gasteiger partial charge in [0, 0.05) is 0 Å². The molecule has 82 valence electrons. The molecule has 5 heteroatoms. The van der Waals surface area contributed by atoms with Crippen molar-refractivity contribution in [3.05, 3.63) is 10.1 Å². The third-order valence-corrected chi connectivity index (χ3v) is 6.42. The summed E-state index contributed by atoms with van der Waals surface area (Å²) >= 11 is 3.75. The average Bonchev–Trinajstić information content (AvgIpc) is 3.14. The third kappa shape index (κ3) is 3.52. The number of rotatable bonds is 6. The molecule has 1 aromatic heterocycles. The second-order valence-electron chi connectivity index (χ2n) is 3.63. The van der Waals surface area contributed by atoms with E-state index in [0.717, 1.165) is 29.5 Å². The zero-order valence-corrected chi connectivity index (χ0v) is 12.1. The standard InChI is InChI=1S/C10H12O2S2Te/c1-7(11-2-8-4-13-8)6-15-10(1)12-3-9-5-14-9/h1,6,8-9H,2-5H2. The third-order valence-electron chi connectivity index (χ3n) is 2.20. The van der Waals surface area contributed by atoms with Gasteiger partial charge in [-0.15, -0.1) is 0 Å². The Balaban J connectivity index is 1.45. The zero-order valence-electron chi connectivity index (χ0n) is 8.18. The van der Waals surface area contributed by atoms with Crippen molar-refractivity contribution in [1.29, 1.82) is 0 Å². The molecule has 15 heavy (non-hydrogen) atoms. The summed E-state index contributed by atoms with van der Waals surface area (Å²) < 4.78 is 14.9. The molecule has 1 aromatic rings. The summed E-state index contributed by atoms with van der Waals surface area (Å²) in [6, 6.07) is 2.10. The molecule has 0 bridgehead atoms. The van der Waals surface area contributed by atoms with E-state index < -0.39 is 0 Å². The van der Waals surface area contributed by atoms with Crippen LogP contribution in [0.25, 0.3) is 0 Å². The summed E-state index contributed by atoms with van der Waals surface area (Å²) in [6.45, 7) is 1.78. The molecule has 0 saturated carbocycles. The van der Waals surface area contributed by atoms with Crippen LogP contribution in [-0.4, -0.2) is 55.7 Å². The monoisotopic (exact) mass is 358 g/mol. The molecular formula is C10H12O2S2Te. The van der Waals surface area contributed by atoms with E-state index in [-0.39, 0.29) is 20.4 Å². The fourth-order valence-corrected chi connectivity index (χ4v) is 3.90. The maximum atomic E-state index is 5.74. The van der Waals surface area contributed by atoms with Gasteiger partial charge in [-0.1, -0.05) is 0 Å². The summed E-state index contributed by atoms with van der Waals surface area (Å²) in [5, 5.41) is 1.53. The molecule has 2 nitrogen and oxygen atoms in total. The molecule has 0 aliphatic carbocycles. The predicted octanol–water partition coefficient (Wildman–Crippen LogP) is 1.73. The first-order chi connectivity index (χ1) is 7.40. The first-order valence-electron chi connectivity index (χ1n) is 4.97. The van der Waals surface area contributed by atoms with Gasteiger partial charge in [0.15, 0.2) is 0 Å². The Hall–Kier alpha value is 0.570. The van der Waals surface area contributed by atoms with Gasteiger partial charge >= 0.3 is 108 Å². The van der Waals surface area contributed by atoms with Crippen LogP contribution in [0.15, 0.2) is 10.1 Å². The van der Waals surface area contributed by atoms with Gasteiger partial charge in [-0.05, 0) is 0 Å². The molecule has 2 atom stereocenters. The molecule has 0 radical (unpaired) electrons. The molecule has 2 aliphatic heterocycles. The predicted molar refractivity (Wildman–Crippen MR) is 66.9 cm³/mol. The van der Waals surface area contributed by atoms with Crippen molar-refractivity contribution in [1.82, 2.24) is 0 Å². The van der Waals surface area contributed by atoms with Gasteiger partial charge in [0.05, 0.1) is 0 Å². The molecule has 2 fully saturated rings. The van der Waals surface area contributed by atoms with Crippen LogP contribution in [0, 0.1) is 0 Å². The minimum atomic E-state index is -0.217. The van der Waals surface area contributed by atoms with Crippen molar-refractivity contribution in [2.45, 2.75) is 10.5 Å². The molecule has 3 heterocycles. The number of hydrogen-bond donors (Lipinski definition) is 0. The Morgan fingerprint density at radius 2 is 1.87 bits per heavy atom. The summed E-state index contributed by atoms with van der Waals surface area (Å²) in [4.78, 5) is 0.